The van der Waals surface area contributed by atoms with Gasteiger partial charge in [0.15, 0.2) is 0 Å². The zero-order chi connectivity index (χ0) is 31.2. The molecule has 1 heterocycles. The largest absolute Gasteiger partial charge is 0.496 e. The van der Waals surface area contributed by atoms with Gasteiger partial charge in [-0.15, -0.1) is 0 Å². The molecule has 10 nitrogen and oxygen atoms in total. The number of amides is 1. The molecule has 1 saturated heterocycles. The first-order chi connectivity index (χ1) is 20.5. The van der Waals surface area contributed by atoms with Crippen molar-refractivity contribution in [2.75, 3.05) is 27.4 Å². The van der Waals surface area contributed by atoms with Crippen molar-refractivity contribution < 1.29 is 37.3 Å². The third-order valence-corrected chi connectivity index (χ3v) is 9.75. The van der Waals surface area contributed by atoms with Gasteiger partial charge >= 0.3 is 5.97 Å². The number of rotatable bonds is 13. The molecule has 1 fully saturated rings. The van der Waals surface area contributed by atoms with Crippen LogP contribution < -0.4 is 14.8 Å². The molecule has 1 aliphatic heterocycles. The topological polar surface area (TPSA) is 131 Å². The minimum Gasteiger partial charge on any atom is -0.496 e. The highest BCUT2D eigenvalue weighted by Gasteiger charge is 2.50. The van der Waals surface area contributed by atoms with Gasteiger partial charge in [-0.25, -0.2) is 13.2 Å². The Kier molecular flexibility index (Phi) is 10.1. The molecule has 0 saturated carbocycles. The molecular weight excluding hydrogens is 572 g/mol. The summed E-state index contributed by atoms with van der Waals surface area (Å²) in [6.45, 7) is 4.63. The fraction of sp³-hybridized carbons (Fsp3) is 0.375. The number of hydrogen-bond acceptors (Lipinski definition) is 7. The van der Waals surface area contributed by atoms with Gasteiger partial charge in [-0.2, -0.15) is 4.31 Å². The molecule has 4 rings (SSSR count). The van der Waals surface area contributed by atoms with Gasteiger partial charge < -0.3 is 24.6 Å². The lowest BCUT2D eigenvalue weighted by molar-refractivity contribution is -0.143. The molecule has 43 heavy (non-hydrogen) atoms. The average molecular weight is 611 g/mol. The highest BCUT2D eigenvalue weighted by atomic mass is 32.2. The maximum atomic E-state index is 13.5. The van der Waals surface area contributed by atoms with E-state index in [1.165, 1.54) is 16.4 Å². The number of methoxy groups -OCH3 is 2. The van der Waals surface area contributed by atoms with E-state index in [0.717, 1.165) is 16.7 Å². The van der Waals surface area contributed by atoms with Crippen molar-refractivity contribution in [1.82, 2.24) is 9.62 Å². The fourth-order valence-electron chi connectivity index (χ4n) is 5.38. The highest BCUT2D eigenvalue weighted by Crippen LogP contribution is 2.40. The molecule has 11 heteroatoms. The van der Waals surface area contributed by atoms with Crippen LogP contribution in [0.2, 0.25) is 0 Å². The van der Waals surface area contributed by atoms with Crippen molar-refractivity contribution in [2.24, 2.45) is 0 Å². The van der Waals surface area contributed by atoms with Gasteiger partial charge in [0.05, 0.1) is 31.3 Å². The molecule has 0 radical (unpaired) electrons. The van der Waals surface area contributed by atoms with Gasteiger partial charge in [0.2, 0.25) is 15.9 Å². The standard InChI is InChI=1S/C32H38N2O8S/c1-5-42-21-23-19-27(40-3)29(28(20-23)41-4)24-14-12-22(13-15-24)18-26(30(35)36)33-31(37)32(2)16-9-17-34(32)43(38,39)25-10-7-6-8-11-25/h6-8,10-15,19-20,26H,5,9,16-18,21H2,1-4H3,(H,33,37)(H,35,36). The summed E-state index contributed by atoms with van der Waals surface area (Å²) in [4.78, 5) is 25.8. The first-order valence-corrected chi connectivity index (χ1v) is 15.5. The third-order valence-electron chi connectivity index (χ3n) is 7.72. The van der Waals surface area contributed by atoms with Crippen LogP contribution in [0.3, 0.4) is 0 Å². The summed E-state index contributed by atoms with van der Waals surface area (Å²) in [6, 6.07) is 17.7. The van der Waals surface area contributed by atoms with Crippen molar-refractivity contribution in [2.45, 2.75) is 56.2 Å². The van der Waals surface area contributed by atoms with Gasteiger partial charge in [-0.3, -0.25) is 4.79 Å². The molecule has 0 bridgehead atoms. The highest BCUT2D eigenvalue weighted by molar-refractivity contribution is 7.89. The van der Waals surface area contributed by atoms with Gasteiger partial charge in [0.1, 0.15) is 23.1 Å². The van der Waals surface area contributed by atoms with Crippen LogP contribution in [0.5, 0.6) is 11.5 Å². The Balaban J connectivity index is 1.53. The van der Waals surface area contributed by atoms with E-state index in [1.54, 1.807) is 51.5 Å². The summed E-state index contributed by atoms with van der Waals surface area (Å²) in [7, 11) is -0.804. The van der Waals surface area contributed by atoms with Crippen molar-refractivity contribution in [3.8, 4) is 22.6 Å². The van der Waals surface area contributed by atoms with E-state index in [2.05, 4.69) is 5.32 Å². The molecule has 3 aromatic carbocycles. The predicted octanol–water partition coefficient (Wildman–Crippen LogP) is 4.26. The number of sulfonamides is 1. The van der Waals surface area contributed by atoms with E-state index < -0.39 is 33.5 Å². The second-order valence-corrected chi connectivity index (χ2v) is 12.4. The zero-order valence-corrected chi connectivity index (χ0v) is 25.6. The maximum Gasteiger partial charge on any atom is 0.326 e. The zero-order valence-electron chi connectivity index (χ0n) is 24.8. The van der Waals surface area contributed by atoms with Gasteiger partial charge in [0.25, 0.3) is 0 Å². The van der Waals surface area contributed by atoms with Gasteiger partial charge in [-0.05, 0) is 67.6 Å². The molecule has 0 aromatic heterocycles. The molecule has 3 aromatic rings. The average Bonchev–Trinajstić information content (AvgIpc) is 3.43. The van der Waals surface area contributed by atoms with Crippen LogP contribution in [-0.4, -0.2) is 68.7 Å². The van der Waals surface area contributed by atoms with E-state index in [9.17, 15) is 23.1 Å². The summed E-state index contributed by atoms with van der Waals surface area (Å²) in [5, 5.41) is 12.6. The minimum atomic E-state index is -3.96. The molecule has 230 valence electrons. The minimum absolute atomic E-state index is 0.00440. The van der Waals surface area contributed by atoms with Crippen LogP contribution in [0.4, 0.5) is 0 Å². The molecule has 1 amide bonds. The first-order valence-electron chi connectivity index (χ1n) is 14.1. The monoisotopic (exact) mass is 610 g/mol. The van der Waals surface area contributed by atoms with Crippen LogP contribution in [0.25, 0.3) is 11.1 Å². The van der Waals surface area contributed by atoms with Crippen molar-refractivity contribution in [3.05, 3.63) is 77.9 Å². The first kappa shape index (κ1) is 32.0. The van der Waals surface area contributed by atoms with E-state index in [4.69, 9.17) is 14.2 Å². The second kappa shape index (κ2) is 13.6. The van der Waals surface area contributed by atoms with Crippen LogP contribution in [0, 0.1) is 0 Å². The van der Waals surface area contributed by atoms with E-state index in [0.29, 0.717) is 36.7 Å². The third kappa shape index (κ3) is 6.84. The second-order valence-electron chi connectivity index (χ2n) is 10.5. The summed E-state index contributed by atoms with van der Waals surface area (Å²) >= 11 is 0. The fourth-order valence-corrected chi connectivity index (χ4v) is 7.21. The van der Waals surface area contributed by atoms with E-state index in [1.807, 2.05) is 31.2 Å². The van der Waals surface area contributed by atoms with Gasteiger partial charge in [0, 0.05) is 19.6 Å². The molecule has 2 N–H and O–H groups in total. The molecule has 0 aliphatic carbocycles. The number of carboxylic acid groups (broad SMARTS) is 1. The maximum absolute atomic E-state index is 13.5. The van der Waals surface area contributed by atoms with E-state index >= 15 is 0 Å². The Labute approximate surface area is 252 Å². The van der Waals surface area contributed by atoms with Crippen molar-refractivity contribution in [3.63, 3.8) is 0 Å². The Hall–Kier alpha value is -3.93. The number of carboxylic acids is 1. The number of benzene rings is 3. The quantitative estimate of drug-likeness (QED) is 0.294. The number of aliphatic carboxylic acids is 1. The Bertz CT molecular complexity index is 1520. The van der Waals surface area contributed by atoms with E-state index in [-0.39, 0.29) is 24.3 Å². The Morgan fingerprint density at radius 2 is 1.63 bits per heavy atom. The SMILES string of the molecule is CCOCc1cc(OC)c(-c2ccc(CC(NC(=O)C3(C)CCCN3S(=O)(=O)c3ccccc3)C(=O)O)cc2)c(OC)c1. The van der Waals surface area contributed by atoms with Crippen LogP contribution in [0.15, 0.2) is 71.6 Å². The number of carbonyl (C=O) groups excluding carboxylic acids is 1. The normalized spacial score (nSPS) is 17.8. The van der Waals surface area contributed by atoms with Crippen LogP contribution in [-0.2, 0) is 37.4 Å². The number of nitrogens with one attached hydrogen (secondary N) is 1. The summed E-state index contributed by atoms with van der Waals surface area (Å²) in [5.74, 6) is -0.644. The smallest absolute Gasteiger partial charge is 0.326 e. The Morgan fingerprint density at radius 1 is 1.00 bits per heavy atom. The Morgan fingerprint density at radius 3 is 2.19 bits per heavy atom. The molecule has 2 unspecified atom stereocenters. The molecular formula is C32H38N2O8S. The number of carbonyl (C=O) groups is 2. The molecule has 2 atom stereocenters. The van der Waals surface area contributed by atoms with Crippen molar-refractivity contribution >= 4 is 21.9 Å². The van der Waals surface area contributed by atoms with Crippen LogP contribution in [0.1, 0.15) is 37.8 Å². The predicted molar refractivity (Wildman–Crippen MR) is 162 cm³/mol. The number of ether oxygens (including phenoxy) is 3. The lowest BCUT2D eigenvalue weighted by atomic mass is 9.96. The summed E-state index contributed by atoms with van der Waals surface area (Å²) in [5.41, 5.74) is 1.70. The summed E-state index contributed by atoms with van der Waals surface area (Å²) < 4.78 is 44.7. The molecule has 0 spiro atoms. The number of nitrogens with zero attached hydrogens (tertiary/aromatic N) is 1. The summed E-state index contributed by atoms with van der Waals surface area (Å²) in [6.07, 6.45) is 0.762. The van der Waals surface area contributed by atoms with Gasteiger partial charge in [-0.1, -0.05) is 42.5 Å². The number of hydrogen-bond donors (Lipinski definition) is 2. The van der Waals surface area contributed by atoms with Crippen molar-refractivity contribution in [1.29, 1.82) is 0 Å². The lowest BCUT2D eigenvalue weighted by Crippen LogP contribution is -2.58. The van der Waals surface area contributed by atoms with Crippen LogP contribution >= 0.6 is 0 Å². The molecule has 1 aliphatic rings. The lowest BCUT2D eigenvalue weighted by Gasteiger charge is -2.34.